The summed E-state index contributed by atoms with van der Waals surface area (Å²) in [5.41, 5.74) is 5.99. The summed E-state index contributed by atoms with van der Waals surface area (Å²) in [6.07, 6.45) is -2.90. The van der Waals surface area contributed by atoms with Crippen LogP contribution in [-0.2, 0) is 6.54 Å². The summed E-state index contributed by atoms with van der Waals surface area (Å²) in [6.45, 7) is 1.86. The number of aryl methyl sites for hydroxylation is 1. The molecule has 1 aromatic heterocycles. The van der Waals surface area contributed by atoms with Crippen LogP contribution in [0.1, 0.15) is 11.3 Å². The Balaban J connectivity index is 2.65. The van der Waals surface area contributed by atoms with Gasteiger partial charge in [-0.3, -0.25) is 0 Å². The molecule has 0 aliphatic carbocycles. The van der Waals surface area contributed by atoms with Crippen LogP contribution in [0.2, 0.25) is 0 Å². The first-order chi connectivity index (χ1) is 8.21. The zero-order valence-corrected chi connectivity index (χ0v) is 10.9. The molecule has 0 saturated heterocycles. The second-order valence-corrected chi connectivity index (χ2v) is 4.67. The molecular formula is C11H15F3N2OS. The summed E-state index contributed by atoms with van der Waals surface area (Å²) in [4.78, 5) is 0.994. The largest absolute Gasteiger partial charge is 0.469 e. The zero-order valence-electron chi connectivity index (χ0n) is 10.1. The molecule has 1 unspecified atom stereocenters. The van der Waals surface area contributed by atoms with E-state index < -0.39 is 17.1 Å². The van der Waals surface area contributed by atoms with Gasteiger partial charge in [0.25, 0.3) is 0 Å². The molecule has 0 aromatic carbocycles. The lowest BCUT2D eigenvalue weighted by molar-refractivity contribution is -0.158. The van der Waals surface area contributed by atoms with Crippen molar-refractivity contribution in [3.8, 4) is 0 Å². The SMILES string of the molecule is Cc1occc1CN(C)CC(C(N)=S)C(F)(F)F. The number of furan rings is 1. The number of nitrogens with two attached hydrogens (primary N) is 1. The van der Waals surface area contributed by atoms with Crippen molar-refractivity contribution in [2.24, 2.45) is 11.7 Å². The first-order valence-electron chi connectivity index (χ1n) is 5.29. The van der Waals surface area contributed by atoms with Crippen molar-refractivity contribution in [2.75, 3.05) is 13.6 Å². The Bertz CT molecular complexity index is 417. The number of thiocarbonyl (C=S) groups is 1. The van der Waals surface area contributed by atoms with Crippen LogP contribution in [0.25, 0.3) is 0 Å². The lowest BCUT2D eigenvalue weighted by atomic mass is 10.1. The van der Waals surface area contributed by atoms with Crippen LogP contribution in [-0.4, -0.2) is 29.7 Å². The first kappa shape index (κ1) is 15.0. The summed E-state index contributed by atoms with van der Waals surface area (Å²) in [5.74, 6) is -1.09. The van der Waals surface area contributed by atoms with E-state index in [1.54, 1.807) is 20.0 Å². The average Bonchev–Trinajstić information content (AvgIpc) is 2.59. The van der Waals surface area contributed by atoms with E-state index in [1.807, 2.05) is 0 Å². The number of halogens is 3. The van der Waals surface area contributed by atoms with Crippen LogP contribution in [0.4, 0.5) is 13.2 Å². The fraction of sp³-hybridized carbons (Fsp3) is 0.545. The Morgan fingerprint density at radius 3 is 2.56 bits per heavy atom. The molecule has 0 bridgehead atoms. The minimum Gasteiger partial charge on any atom is -0.469 e. The van der Waals surface area contributed by atoms with Crippen LogP contribution < -0.4 is 5.73 Å². The fourth-order valence-electron chi connectivity index (χ4n) is 1.60. The van der Waals surface area contributed by atoms with Gasteiger partial charge in [-0.2, -0.15) is 13.2 Å². The van der Waals surface area contributed by atoms with Crippen LogP contribution in [0.3, 0.4) is 0 Å². The Labute approximate surface area is 109 Å². The lowest BCUT2D eigenvalue weighted by Crippen LogP contribution is -2.42. The minimum atomic E-state index is -4.41. The third-order valence-corrected chi connectivity index (χ3v) is 2.92. The van der Waals surface area contributed by atoms with Crippen LogP contribution >= 0.6 is 12.2 Å². The van der Waals surface area contributed by atoms with E-state index in [-0.39, 0.29) is 6.54 Å². The average molecular weight is 280 g/mol. The Morgan fingerprint density at radius 2 is 2.17 bits per heavy atom. The summed E-state index contributed by atoms with van der Waals surface area (Å²) < 4.78 is 43.1. The number of hydrogen-bond acceptors (Lipinski definition) is 3. The Morgan fingerprint density at radius 1 is 1.56 bits per heavy atom. The highest BCUT2D eigenvalue weighted by molar-refractivity contribution is 7.80. The minimum absolute atomic E-state index is 0.260. The predicted octanol–water partition coefficient (Wildman–Crippen LogP) is 2.48. The van der Waals surface area contributed by atoms with Gasteiger partial charge in [0.1, 0.15) is 11.7 Å². The molecule has 102 valence electrons. The summed E-state index contributed by atoms with van der Waals surface area (Å²) in [7, 11) is 1.59. The van der Waals surface area contributed by atoms with E-state index in [0.29, 0.717) is 12.3 Å². The molecule has 2 N–H and O–H groups in total. The van der Waals surface area contributed by atoms with Gasteiger partial charge < -0.3 is 15.1 Å². The lowest BCUT2D eigenvalue weighted by Gasteiger charge is -2.24. The zero-order chi connectivity index (χ0) is 13.9. The molecule has 0 spiro atoms. The van der Waals surface area contributed by atoms with Crippen molar-refractivity contribution in [1.82, 2.24) is 4.90 Å². The maximum Gasteiger partial charge on any atom is 0.399 e. The Kier molecular flexibility index (Phi) is 4.75. The molecule has 18 heavy (non-hydrogen) atoms. The summed E-state index contributed by atoms with van der Waals surface area (Å²) in [5, 5.41) is 0. The van der Waals surface area contributed by atoms with Crippen molar-refractivity contribution in [3.05, 3.63) is 23.7 Å². The molecule has 1 atom stereocenters. The maximum absolute atomic E-state index is 12.7. The predicted molar refractivity (Wildman–Crippen MR) is 66.1 cm³/mol. The maximum atomic E-state index is 12.7. The van der Waals surface area contributed by atoms with Gasteiger partial charge in [-0.15, -0.1) is 0 Å². The number of hydrogen-bond donors (Lipinski definition) is 1. The smallest absolute Gasteiger partial charge is 0.399 e. The summed E-state index contributed by atoms with van der Waals surface area (Å²) >= 11 is 4.47. The van der Waals surface area contributed by atoms with Crippen molar-refractivity contribution < 1.29 is 17.6 Å². The quantitative estimate of drug-likeness (QED) is 0.841. The number of rotatable bonds is 5. The van der Waals surface area contributed by atoms with Gasteiger partial charge in [0.05, 0.1) is 11.3 Å². The van der Waals surface area contributed by atoms with Crippen molar-refractivity contribution in [1.29, 1.82) is 0 Å². The Hall–Kier alpha value is -1.08. The van der Waals surface area contributed by atoms with E-state index in [2.05, 4.69) is 12.2 Å². The molecular weight excluding hydrogens is 265 g/mol. The molecule has 1 rings (SSSR count). The van der Waals surface area contributed by atoms with E-state index in [9.17, 15) is 13.2 Å². The molecule has 7 heteroatoms. The van der Waals surface area contributed by atoms with E-state index in [1.165, 1.54) is 11.2 Å². The molecule has 0 aliphatic heterocycles. The van der Waals surface area contributed by atoms with Gasteiger partial charge in [0, 0.05) is 18.7 Å². The molecule has 0 radical (unpaired) electrons. The molecule has 1 aromatic rings. The van der Waals surface area contributed by atoms with Crippen LogP contribution in [0, 0.1) is 12.8 Å². The normalized spacial score (nSPS) is 13.9. The highest BCUT2D eigenvalue weighted by Crippen LogP contribution is 2.27. The molecule has 0 aliphatic rings. The standard InChI is InChI=1S/C11H15F3N2OS/c1-7-8(3-4-17-7)5-16(2)6-9(10(15)18)11(12,13)14/h3-4,9H,5-6H2,1-2H3,(H2,15,18). The molecule has 0 amide bonds. The van der Waals surface area contributed by atoms with E-state index >= 15 is 0 Å². The van der Waals surface area contributed by atoms with Gasteiger partial charge in [0.15, 0.2) is 0 Å². The number of nitrogens with zero attached hydrogens (tertiary/aromatic N) is 1. The fourth-order valence-corrected chi connectivity index (χ4v) is 1.81. The van der Waals surface area contributed by atoms with Gasteiger partial charge in [-0.1, -0.05) is 12.2 Å². The van der Waals surface area contributed by atoms with Gasteiger partial charge >= 0.3 is 6.18 Å². The highest BCUT2D eigenvalue weighted by atomic mass is 32.1. The van der Waals surface area contributed by atoms with Gasteiger partial charge in [0.2, 0.25) is 0 Å². The molecule has 0 saturated carbocycles. The monoisotopic (exact) mass is 280 g/mol. The third kappa shape index (κ3) is 3.99. The van der Waals surface area contributed by atoms with Gasteiger partial charge in [-0.25, -0.2) is 0 Å². The van der Waals surface area contributed by atoms with Crippen LogP contribution in [0.15, 0.2) is 16.7 Å². The molecule has 1 heterocycles. The topological polar surface area (TPSA) is 42.4 Å². The van der Waals surface area contributed by atoms with Crippen molar-refractivity contribution in [3.63, 3.8) is 0 Å². The molecule has 0 fully saturated rings. The van der Waals surface area contributed by atoms with Crippen molar-refractivity contribution in [2.45, 2.75) is 19.6 Å². The second kappa shape index (κ2) is 5.71. The van der Waals surface area contributed by atoms with Crippen molar-refractivity contribution >= 4 is 17.2 Å². The van der Waals surface area contributed by atoms with Crippen LogP contribution in [0.5, 0.6) is 0 Å². The second-order valence-electron chi connectivity index (χ2n) is 4.20. The number of alkyl halides is 3. The highest BCUT2D eigenvalue weighted by Gasteiger charge is 2.42. The van der Waals surface area contributed by atoms with E-state index in [0.717, 1.165) is 5.56 Å². The van der Waals surface area contributed by atoms with E-state index in [4.69, 9.17) is 10.2 Å². The molecule has 3 nitrogen and oxygen atoms in total. The third-order valence-electron chi connectivity index (χ3n) is 2.64. The summed E-state index contributed by atoms with van der Waals surface area (Å²) in [6, 6.07) is 1.73. The van der Waals surface area contributed by atoms with Gasteiger partial charge in [-0.05, 0) is 20.0 Å². The first-order valence-corrected chi connectivity index (χ1v) is 5.70.